The SMILES string of the molecule is N#CC(Cc1cccc(OS(=O)(=O)c2cccc([N+](=O)[O-])c2)c1)C(=O)Nc1nnc(-c2cccs2)s1. The Morgan fingerprint density at radius 2 is 1.97 bits per heavy atom. The Balaban J connectivity index is 1.44. The summed E-state index contributed by atoms with van der Waals surface area (Å²) in [7, 11) is -4.36. The van der Waals surface area contributed by atoms with E-state index in [2.05, 4.69) is 15.5 Å². The lowest BCUT2D eigenvalue weighted by molar-refractivity contribution is -0.385. The van der Waals surface area contributed by atoms with Crippen molar-refractivity contribution in [2.24, 2.45) is 5.92 Å². The van der Waals surface area contributed by atoms with Crippen LogP contribution in [-0.4, -0.2) is 29.4 Å². The van der Waals surface area contributed by atoms with E-state index in [4.69, 9.17) is 4.18 Å². The molecule has 0 bridgehead atoms. The van der Waals surface area contributed by atoms with Crippen molar-refractivity contribution in [2.45, 2.75) is 11.3 Å². The van der Waals surface area contributed by atoms with Gasteiger partial charge in [0.05, 0.1) is 15.9 Å². The molecule has 2 aromatic heterocycles. The number of nitrogens with zero attached hydrogens (tertiary/aromatic N) is 4. The number of nitro groups is 1. The Morgan fingerprint density at radius 3 is 2.69 bits per heavy atom. The second-order valence-corrected chi connectivity index (χ2v) is 10.7. The number of carbonyl (C=O) groups is 1. The van der Waals surface area contributed by atoms with E-state index >= 15 is 0 Å². The van der Waals surface area contributed by atoms with Gasteiger partial charge in [-0.2, -0.15) is 13.7 Å². The van der Waals surface area contributed by atoms with Crippen molar-refractivity contribution in [2.75, 3.05) is 5.32 Å². The summed E-state index contributed by atoms with van der Waals surface area (Å²) in [6.45, 7) is 0. The fourth-order valence-corrected chi connectivity index (χ4v) is 5.55. The molecule has 4 aromatic rings. The fraction of sp³-hybridized carbons (Fsp3) is 0.0909. The van der Waals surface area contributed by atoms with Gasteiger partial charge in [-0.05, 0) is 41.6 Å². The minimum atomic E-state index is -4.36. The van der Waals surface area contributed by atoms with Crippen LogP contribution in [0.25, 0.3) is 9.88 Å². The summed E-state index contributed by atoms with van der Waals surface area (Å²) < 4.78 is 30.3. The number of amides is 1. The summed E-state index contributed by atoms with van der Waals surface area (Å²) in [6.07, 6.45) is -0.0209. The van der Waals surface area contributed by atoms with Crippen molar-refractivity contribution in [1.29, 1.82) is 5.26 Å². The van der Waals surface area contributed by atoms with Crippen LogP contribution in [0.1, 0.15) is 5.56 Å². The van der Waals surface area contributed by atoms with E-state index in [0.717, 1.165) is 17.0 Å². The summed E-state index contributed by atoms with van der Waals surface area (Å²) in [6, 6.07) is 16.1. The second kappa shape index (κ2) is 10.6. The predicted octanol–water partition coefficient (Wildman–Crippen LogP) is 4.26. The summed E-state index contributed by atoms with van der Waals surface area (Å²) in [5, 5.41) is 33.8. The van der Waals surface area contributed by atoms with Gasteiger partial charge in [-0.1, -0.05) is 35.6 Å². The number of hydrogen-bond donors (Lipinski definition) is 1. The molecule has 36 heavy (non-hydrogen) atoms. The molecule has 11 nitrogen and oxygen atoms in total. The summed E-state index contributed by atoms with van der Waals surface area (Å²) in [5.41, 5.74) is 0.0780. The number of benzene rings is 2. The van der Waals surface area contributed by atoms with Crippen molar-refractivity contribution in [3.8, 4) is 21.7 Å². The minimum Gasteiger partial charge on any atom is -0.379 e. The van der Waals surface area contributed by atoms with Gasteiger partial charge >= 0.3 is 10.1 Å². The molecule has 0 fully saturated rings. The molecular formula is C22H15N5O6S3. The Labute approximate surface area is 212 Å². The molecule has 1 atom stereocenters. The van der Waals surface area contributed by atoms with Crippen LogP contribution in [0.4, 0.5) is 10.8 Å². The van der Waals surface area contributed by atoms with Gasteiger partial charge < -0.3 is 4.18 Å². The molecule has 0 radical (unpaired) electrons. The molecule has 14 heteroatoms. The van der Waals surface area contributed by atoms with E-state index in [-0.39, 0.29) is 22.2 Å². The number of hydrogen-bond acceptors (Lipinski definition) is 11. The third kappa shape index (κ3) is 5.89. The lowest BCUT2D eigenvalue weighted by Gasteiger charge is -2.11. The van der Waals surface area contributed by atoms with Gasteiger partial charge in [0.2, 0.25) is 11.0 Å². The molecular weight excluding hydrogens is 526 g/mol. The number of nitrogens with one attached hydrogen (secondary N) is 1. The first-order chi connectivity index (χ1) is 17.2. The van der Waals surface area contributed by atoms with E-state index < -0.39 is 32.6 Å². The molecule has 0 aliphatic carbocycles. The summed E-state index contributed by atoms with van der Waals surface area (Å²) in [4.78, 5) is 23.4. The molecule has 2 heterocycles. The van der Waals surface area contributed by atoms with Crippen LogP contribution >= 0.6 is 22.7 Å². The van der Waals surface area contributed by atoms with Gasteiger partial charge in [-0.25, -0.2) is 0 Å². The molecule has 2 aromatic carbocycles. The third-order valence-corrected chi connectivity index (χ3v) is 7.84. The average molecular weight is 542 g/mol. The van der Waals surface area contributed by atoms with Crippen LogP contribution in [0, 0.1) is 27.4 Å². The molecule has 4 rings (SSSR count). The lowest BCUT2D eigenvalue weighted by atomic mass is 10.00. The number of anilines is 1. The fourth-order valence-electron chi connectivity index (χ4n) is 3.05. The van der Waals surface area contributed by atoms with E-state index in [1.165, 1.54) is 53.0 Å². The maximum atomic E-state index is 12.7. The Morgan fingerprint density at radius 1 is 1.17 bits per heavy atom. The van der Waals surface area contributed by atoms with Crippen molar-refractivity contribution < 1.29 is 22.3 Å². The topological polar surface area (TPSA) is 165 Å². The standard InChI is InChI=1S/C22H15N5O6S3/c23-13-15(20(28)24-22-26-25-21(35-22)19-8-3-9-34-19)10-14-4-1-6-17(11-14)33-36(31,32)18-7-2-5-16(12-18)27(29)30/h1-9,11-12,15H,10H2,(H,24,26,28). The van der Waals surface area contributed by atoms with Crippen LogP contribution in [0.2, 0.25) is 0 Å². The van der Waals surface area contributed by atoms with Crippen molar-refractivity contribution in [1.82, 2.24) is 10.2 Å². The van der Waals surface area contributed by atoms with Gasteiger partial charge in [-0.3, -0.25) is 20.2 Å². The molecule has 0 aliphatic heterocycles. The van der Waals surface area contributed by atoms with Crippen molar-refractivity contribution in [3.05, 3.63) is 81.7 Å². The Kier molecular flexibility index (Phi) is 7.34. The lowest BCUT2D eigenvalue weighted by Crippen LogP contribution is -2.23. The maximum Gasteiger partial charge on any atom is 0.339 e. The highest BCUT2D eigenvalue weighted by Gasteiger charge is 2.23. The number of carbonyl (C=O) groups excluding carboxylic acids is 1. The van der Waals surface area contributed by atoms with Crippen molar-refractivity contribution >= 4 is 49.5 Å². The van der Waals surface area contributed by atoms with E-state index in [1.54, 1.807) is 6.07 Å². The highest BCUT2D eigenvalue weighted by Crippen LogP contribution is 2.30. The maximum absolute atomic E-state index is 12.7. The highest BCUT2D eigenvalue weighted by molar-refractivity contribution is 7.87. The molecule has 1 amide bonds. The van der Waals surface area contributed by atoms with Gasteiger partial charge in [0.1, 0.15) is 16.6 Å². The van der Waals surface area contributed by atoms with Crippen LogP contribution in [0.5, 0.6) is 5.75 Å². The number of thiophene rings is 1. The average Bonchev–Trinajstić information content (AvgIpc) is 3.55. The third-order valence-electron chi connectivity index (χ3n) is 4.72. The molecule has 1 unspecified atom stereocenters. The van der Waals surface area contributed by atoms with Crippen LogP contribution in [0.3, 0.4) is 0 Å². The van der Waals surface area contributed by atoms with Gasteiger partial charge in [-0.15, -0.1) is 21.5 Å². The zero-order valence-corrected chi connectivity index (χ0v) is 20.5. The molecule has 182 valence electrons. The van der Waals surface area contributed by atoms with Crippen molar-refractivity contribution in [3.63, 3.8) is 0 Å². The van der Waals surface area contributed by atoms with Crippen LogP contribution < -0.4 is 9.50 Å². The van der Waals surface area contributed by atoms with Crippen LogP contribution in [-0.2, 0) is 21.3 Å². The highest BCUT2D eigenvalue weighted by atomic mass is 32.2. The predicted molar refractivity (Wildman–Crippen MR) is 132 cm³/mol. The normalized spacial score (nSPS) is 11.9. The zero-order chi connectivity index (χ0) is 25.7. The molecule has 0 saturated carbocycles. The minimum absolute atomic E-state index is 0.0209. The largest absolute Gasteiger partial charge is 0.379 e. The molecule has 0 spiro atoms. The second-order valence-electron chi connectivity index (χ2n) is 7.20. The number of non-ortho nitro benzene ring substituents is 1. The first-order valence-corrected chi connectivity index (χ1v) is 13.2. The van der Waals surface area contributed by atoms with Gasteiger partial charge in [0.25, 0.3) is 5.69 Å². The quantitative estimate of drug-likeness (QED) is 0.185. The van der Waals surface area contributed by atoms with E-state index in [9.17, 15) is 28.6 Å². The van der Waals surface area contributed by atoms with Gasteiger partial charge in [0, 0.05) is 12.1 Å². The molecule has 0 aliphatic rings. The molecule has 0 saturated heterocycles. The number of aromatic nitrogens is 2. The number of nitro benzene ring substituents is 1. The smallest absolute Gasteiger partial charge is 0.339 e. The van der Waals surface area contributed by atoms with E-state index in [0.29, 0.717) is 10.6 Å². The van der Waals surface area contributed by atoms with E-state index in [1.807, 2.05) is 23.6 Å². The Hall–Kier alpha value is -4.19. The summed E-state index contributed by atoms with van der Waals surface area (Å²) >= 11 is 2.67. The zero-order valence-electron chi connectivity index (χ0n) is 18.1. The molecule has 1 N–H and O–H groups in total. The monoisotopic (exact) mass is 541 g/mol. The number of nitriles is 1. The van der Waals surface area contributed by atoms with Crippen LogP contribution in [0.15, 0.2) is 70.9 Å². The first kappa shape index (κ1) is 24.9. The first-order valence-electron chi connectivity index (χ1n) is 10.1. The summed E-state index contributed by atoms with van der Waals surface area (Å²) in [5.74, 6) is -1.74. The Bertz CT molecular complexity index is 1560. The van der Waals surface area contributed by atoms with Gasteiger partial charge in [0.15, 0.2) is 5.01 Å². The number of rotatable bonds is 9.